The number of carbonyl (C=O) groups is 2. The van der Waals surface area contributed by atoms with Gasteiger partial charge in [0.15, 0.2) is 0 Å². The van der Waals surface area contributed by atoms with Crippen LogP contribution in [0.4, 0.5) is 0 Å². The molecule has 3 N–H and O–H groups in total. The van der Waals surface area contributed by atoms with Crippen LogP contribution in [0.25, 0.3) is 0 Å². The van der Waals surface area contributed by atoms with Crippen molar-refractivity contribution < 1.29 is 19.4 Å². The Labute approximate surface area is 108 Å². The van der Waals surface area contributed by atoms with Crippen LogP contribution >= 0.6 is 0 Å². The molecular formula is C12H24N2O4. The van der Waals surface area contributed by atoms with Gasteiger partial charge in [0, 0.05) is 25.7 Å². The maximum atomic E-state index is 12.0. The van der Waals surface area contributed by atoms with Crippen molar-refractivity contribution in [2.24, 2.45) is 5.73 Å². The van der Waals surface area contributed by atoms with Gasteiger partial charge < -0.3 is 20.5 Å². The van der Waals surface area contributed by atoms with Gasteiger partial charge in [-0.1, -0.05) is 0 Å². The molecule has 0 saturated heterocycles. The van der Waals surface area contributed by atoms with Gasteiger partial charge in [0.25, 0.3) is 0 Å². The summed E-state index contributed by atoms with van der Waals surface area (Å²) in [5.41, 5.74) is 5.52. The molecule has 0 rings (SSSR count). The van der Waals surface area contributed by atoms with Crippen molar-refractivity contribution in [2.75, 3.05) is 19.7 Å². The lowest BCUT2D eigenvalue weighted by Gasteiger charge is -2.28. The number of rotatable bonds is 9. The molecule has 2 atom stereocenters. The van der Waals surface area contributed by atoms with Crippen molar-refractivity contribution in [3.8, 4) is 0 Å². The first-order valence-electron chi connectivity index (χ1n) is 6.29. The Balaban J connectivity index is 4.45. The fourth-order valence-corrected chi connectivity index (χ4v) is 1.85. The number of aliphatic carboxylic acids is 1. The lowest BCUT2D eigenvalue weighted by Crippen LogP contribution is -2.42. The average molecular weight is 260 g/mol. The average Bonchev–Trinajstić information content (AvgIpc) is 2.28. The van der Waals surface area contributed by atoms with Crippen LogP contribution in [0.5, 0.6) is 0 Å². The minimum atomic E-state index is -0.908. The summed E-state index contributed by atoms with van der Waals surface area (Å²) < 4.78 is 5.33. The SMILES string of the molecule is CCOC(CN)CC(=O)N(CC)C(C)CC(=O)O. The molecule has 0 bridgehead atoms. The predicted molar refractivity (Wildman–Crippen MR) is 68.2 cm³/mol. The van der Waals surface area contributed by atoms with E-state index < -0.39 is 5.97 Å². The molecular weight excluding hydrogens is 236 g/mol. The van der Waals surface area contributed by atoms with E-state index in [1.165, 1.54) is 0 Å². The summed E-state index contributed by atoms with van der Waals surface area (Å²) in [5.74, 6) is -1.02. The normalized spacial score (nSPS) is 14.0. The van der Waals surface area contributed by atoms with Crippen LogP contribution in [0.15, 0.2) is 0 Å². The second kappa shape index (κ2) is 8.88. The van der Waals surface area contributed by atoms with Gasteiger partial charge in [-0.2, -0.15) is 0 Å². The number of amides is 1. The Bertz CT molecular complexity index is 271. The summed E-state index contributed by atoms with van der Waals surface area (Å²) in [6.45, 7) is 6.67. The highest BCUT2D eigenvalue weighted by atomic mass is 16.5. The highest BCUT2D eigenvalue weighted by Crippen LogP contribution is 2.09. The molecule has 0 aliphatic carbocycles. The number of ether oxygens (including phenoxy) is 1. The molecule has 0 aromatic rings. The standard InChI is InChI=1S/C12H24N2O4/c1-4-14(9(3)6-12(16)17)11(15)7-10(8-13)18-5-2/h9-10H,4-8,13H2,1-3H3,(H,16,17). The van der Waals surface area contributed by atoms with Crippen molar-refractivity contribution >= 4 is 11.9 Å². The maximum absolute atomic E-state index is 12.0. The van der Waals surface area contributed by atoms with E-state index >= 15 is 0 Å². The van der Waals surface area contributed by atoms with Crippen molar-refractivity contribution in [1.82, 2.24) is 4.90 Å². The van der Waals surface area contributed by atoms with Crippen molar-refractivity contribution in [2.45, 2.75) is 45.8 Å². The van der Waals surface area contributed by atoms with Gasteiger partial charge in [0.05, 0.1) is 18.9 Å². The van der Waals surface area contributed by atoms with Gasteiger partial charge in [-0.05, 0) is 20.8 Å². The maximum Gasteiger partial charge on any atom is 0.305 e. The van der Waals surface area contributed by atoms with Crippen LogP contribution in [0.1, 0.15) is 33.6 Å². The number of carboxylic acids is 1. The lowest BCUT2D eigenvalue weighted by molar-refractivity contribution is -0.141. The Hall–Kier alpha value is -1.14. The molecule has 106 valence electrons. The summed E-state index contributed by atoms with van der Waals surface area (Å²) in [7, 11) is 0. The van der Waals surface area contributed by atoms with E-state index in [1.54, 1.807) is 11.8 Å². The second-order valence-electron chi connectivity index (χ2n) is 4.14. The van der Waals surface area contributed by atoms with Gasteiger partial charge in [-0.15, -0.1) is 0 Å². The van der Waals surface area contributed by atoms with E-state index in [-0.39, 0.29) is 37.4 Å². The van der Waals surface area contributed by atoms with E-state index in [2.05, 4.69) is 0 Å². The molecule has 2 unspecified atom stereocenters. The number of nitrogens with two attached hydrogens (primary N) is 1. The first-order valence-corrected chi connectivity index (χ1v) is 6.29. The molecule has 0 heterocycles. The number of nitrogens with zero attached hydrogens (tertiary/aromatic N) is 1. The highest BCUT2D eigenvalue weighted by molar-refractivity contribution is 5.78. The smallest absolute Gasteiger partial charge is 0.305 e. The zero-order valence-corrected chi connectivity index (χ0v) is 11.4. The van der Waals surface area contributed by atoms with E-state index in [0.717, 1.165) is 0 Å². The Morgan fingerprint density at radius 1 is 1.33 bits per heavy atom. The summed E-state index contributed by atoms with van der Waals surface area (Å²) in [6, 6.07) is -0.319. The third-order valence-corrected chi connectivity index (χ3v) is 2.73. The van der Waals surface area contributed by atoms with Gasteiger partial charge in [-0.25, -0.2) is 0 Å². The molecule has 18 heavy (non-hydrogen) atoms. The van der Waals surface area contributed by atoms with Gasteiger partial charge in [-0.3, -0.25) is 9.59 Å². The molecule has 6 heteroatoms. The first-order chi connectivity index (χ1) is 8.46. The minimum Gasteiger partial charge on any atom is -0.481 e. The fraction of sp³-hybridized carbons (Fsp3) is 0.833. The van der Waals surface area contributed by atoms with Gasteiger partial charge in [0.1, 0.15) is 0 Å². The molecule has 0 aromatic carbocycles. The summed E-state index contributed by atoms with van der Waals surface area (Å²) >= 11 is 0. The van der Waals surface area contributed by atoms with Crippen LogP contribution in [0.2, 0.25) is 0 Å². The quantitative estimate of drug-likeness (QED) is 0.628. The first kappa shape index (κ1) is 16.9. The van der Waals surface area contributed by atoms with E-state index in [9.17, 15) is 9.59 Å². The Morgan fingerprint density at radius 2 is 1.94 bits per heavy atom. The van der Waals surface area contributed by atoms with Crippen LogP contribution in [-0.4, -0.2) is 53.7 Å². The summed E-state index contributed by atoms with van der Waals surface area (Å²) in [5, 5.41) is 8.74. The van der Waals surface area contributed by atoms with Crippen molar-refractivity contribution in [3.05, 3.63) is 0 Å². The number of carbonyl (C=O) groups excluding carboxylic acids is 1. The van der Waals surface area contributed by atoms with Gasteiger partial charge in [0.2, 0.25) is 5.91 Å². The lowest BCUT2D eigenvalue weighted by atomic mass is 10.1. The number of hydrogen-bond acceptors (Lipinski definition) is 4. The fourth-order valence-electron chi connectivity index (χ4n) is 1.85. The molecule has 0 aliphatic heterocycles. The summed E-state index contributed by atoms with van der Waals surface area (Å²) in [4.78, 5) is 24.2. The third-order valence-electron chi connectivity index (χ3n) is 2.73. The molecule has 1 amide bonds. The molecule has 6 nitrogen and oxygen atoms in total. The molecule has 0 radical (unpaired) electrons. The molecule has 0 spiro atoms. The van der Waals surface area contributed by atoms with Crippen LogP contribution in [0.3, 0.4) is 0 Å². The zero-order valence-electron chi connectivity index (χ0n) is 11.4. The largest absolute Gasteiger partial charge is 0.481 e. The minimum absolute atomic E-state index is 0.0541. The summed E-state index contributed by atoms with van der Waals surface area (Å²) in [6.07, 6.45) is -0.155. The third kappa shape index (κ3) is 5.97. The number of carboxylic acid groups (broad SMARTS) is 1. The van der Waals surface area contributed by atoms with E-state index in [4.69, 9.17) is 15.6 Å². The van der Waals surface area contributed by atoms with E-state index in [1.807, 2.05) is 13.8 Å². The molecule has 0 aliphatic rings. The van der Waals surface area contributed by atoms with Crippen LogP contribution in [-0.2, 0) is 14.3 Å². The topological polar surface area (TPSA) is 92.9 Å². The Morgan fingerprint density at radius 3 is 2.33 bits per heavy atom. The number of hydrogen-bond donors (Lipinski definition) is 2. The molecule has 0 aromatic heterocycles. The van der Waals surface area contributed by atoms with E-state index in [0.29, 0.717) is 13.2 Å². The zero-order chi connectivity index (χ0) is 14.1. The monoisotopic (exact) mass is 260 g/mol. The van der Waals surface area contributed by atoms with Gasteiger partial charge >= 0.3 is 5.97 Å². The molecule has 0 saturated carbocycles. The van der Waals surface area contributed by atoms with Crippen molar-refractivity contribution in [3.63, 3.8) is 0 Å². The highest BCUT2D eigenvalue weighted by Gasteiger charge is 2.23. The Kier molecular flexibility index (Phi) is 8.32. The van der Waals surface area contributed by atoms with Crippen molar-refractivity contribution in [1.29, 1.82) is 0 Å². The predicted octanol–water partition coefficient (Wildman–Crippen LogP) is 0.452. The molecule has 0 fully saturated rings. The second-order valence-corrected chi connectivity index (χ2v) is 4.14. The van der Waals surface area contributed by atoms with Crippen LogP contribution < -0.4 is 5.73 Å². The van der Waals surface area contributed by atoms with Crippen LogP contribution in [0, 0.1) is 0 Å².